The van der Waals surface area contributed by atoms with Crippen LogP contribution in [0, 0.1) is 0 Å². The number of carboxylic acid groups (broad SMARTS) is 1. The Morgan fingerprint density at radius 1 is 1.09 bits per heavy atom. The smallest absolute Gasteiger partial charge is 0.335 e. The maximum Gasteiger partial charge on any atom is 0.335 e. The molecule has 1 heterocycles. The molecule has 8 nitrogen and oxygen atoms in total. The summed E-state index contributed by atoms with van der Waals surface area (Å²) < 4.78 is 0. The van der Waals surface area contributed by atoms with Crippen LogP contribution in [0.25, 0.3) is 0 Å². The molecule has 0 aliphatic rings. The molecular formula is C14H12N4O4. The van der Waals surface area contributed by atoms with Gasteiger partial charge in [0.05, 0.1) is 5.56 Å². The topological polar surface area (TPSA) is 135 Å². The Morgan fingerprint density at radius 3 is 2.32 bits per heavy atom. The number of primary amides is 1. The van der Waals surface area contributed by atoms with Gasteiger partial charge in [0.25, 0.3) is 11.8 Å². The minimum atomic E-state index is -1.02. The highest BCUT2D eigenvalue weighted by Crippen LogP contribution is 2.05. The predicted octanol–water partition coefficient (Wildman–Crippen LogP) is 0.204. The summed E-state index contributed by atoms with van der Waals surface area (Å²) in [7, 11) is 0. The van der Waals surface area contributed by atoms with E-state index in [-0.39, 0.29) is 23.5 Å². The summed E-state index contributed by atoms with van der Waals surface area (Å²) in [4.78, 5) is 41.1. The van der Waals surface area contributed by atoms with Crippen molar-refractivity contribution in [2.45, 2.75) is 6.54 Å². The van der Waals surface area contributed by atoms with Crippen molar-refractivity contribution < 1.29 is 19.5 Å². The molecule has 2 amide bonds. The van der Waals surface area contributed by atoms with Gasteiger partial charge in [-0.25, -0.2) is 14.8 Å². The molecule has 1 aromatic heterocycles. The first-order valence-electron chi connectivity index (χ1n) is 6.19. The van der Waals surface area contributed by atoms with Gasteiger partial charge in [-0.05, 0) is 17.7 Å². The number of amides is 2. The number of hydrogen-bond acceptors (Lipinski definition) is 5. The third-order valence-corrected chi connectivity index (χ3v) is 2.81. The van der Waals surface area contributed by atoms with Crippen LogP contribution in [-0.2, 0) is 6.54 Å². The van der Waals surface area contributed by atoms with E-state index in [1.54, 1.807) is 12.1 Å². The van der Waals surface area contributed by atoms with E-state index in [9.17, 15) is 14.4 Å². The number of hydrogen-bond donors (Lipinski definition) is 3. The first kappa shape index (κ1) is 15.1. The van der Waals surface area contributed by atoms with Crippen molar-refractivity contribution in [2.24, 2.45) is 5.73 Å². The second kappa shape index (κ2) is 6.44. The molecule has 8 heteroatoms. The Bertz CT molecular complexity index is 728. The molecule has 0 saturated heterocycles. The second-order valence-electron chi connectivity index (χ2n) is 4.34. The summed E-state index contributed by atoms with van der Waals surface area (Å²) in [6.45, 7) is 0.189. The number of benzene rings is 1. The Hall–Kier alpha value is -3.29. The van der Waals surface area contributed by atoms with E-state index in [0.29, 0.717) is 0 Å². The molecule has 0 bridgehead atoms. The molecule has 4 N–H and O–H groups in total. The van der Waals surface area contributed by atoms with Crippen molar-refractivity contribution >= 4 is 17.8 Å². The van der Waals surface area contributed by atoms with E-state index >= 15 is 0 Å². The van der Waals surface area contributed by atoms with Crippen molar-refractivity contribution in [3.8, 4) is 0 Å². The van der Waals surface area contributed by atoms with Crippen LogP contribution in [0.1, 0.15) is 36.9 Å². The van der Waals surface area contributed by atoms with Crippen molar-refractivity contribution in [2.75, 3.05) is 0 Å². The highest BCUT2D eigenvalue weighted by Gasteiger charge is 2.11. The van der Waals surface area contributed by atoms with Crippen LogP contribution in [0.15, 0.2) is 36.7 Å². The van der Waals surface area contributed by atoms with Crippen LogP contribution in [0.4, 0.5) is 0 Å². The predicted molar refractivity (Wildman–Crippen MR) is 75.1 cm³/mol. The van der Waals surface area contributed by atoms with E-state index in [1.165, 1.54) is 18.2 Å². The van der Waals surface area contributed by atoms with Gasteiger partial charge in [-0.2, -0.15) is 0 Å². The van der Waals surface area contributed by atoms with Gasteiger partial charge in [-0.3, -0.25) is 9.59 Å². The Labute approximate surface area is 125 Å². The van der Waals surface area contributed by atoms with Gasteiger partial charge in [-0.1, -0.05) is 12.1 Å². The van der Waals surface area contributed by atoms with E-state index in [0.717, 1.165) is 11.9 Å². The van der Waals surface area contributed by atoms with Crippen LogP contribution in [0.5, 0.6) is 0 Å². The number of rotatable bonds is 5. The molecule has 112 valence electrons. The summed E-state index contributed by atoms with van der Waals surface area (Å²) in [5.74, 6) is -2.26. The number of nitrogens with zero attached hydrogens (tertiary/aromatic N) is 2. The zero-order chi connectivity index (χ0) is 16.1. The van der Waals surface area contributed by atoms with Gasteiger partial charge in [0, 0.05) is 12.6 Å². The Kier molecular flexibility index (Phi) is 4.42. The van der Waals surface area contributed by atoms with Crippen molar-refractivity contribution in [3.05, 3.63) is 59.2 Å². The molecule has 0 spiro atoms. The van der Waals surface area contributed by atoms with Crippen LogP contribution < -0.4 is 11.1 Å². The maximum absolute atomic E-state index is 11.9. The van der Waals surface area contributed by atoms with Crippen LogP contribution in [-0.4, -0.2) is 32.9 Å². The lowest BCUT2D eigenvalue weighted by Gasteiger charge is -2.05. The fourth-order valence-corrected chi connectivity index (χ4v) is 1.65. The number of nitrogens with two attached hydrogens (primary N) is 1. The molecule has 0 atom stereocenters. The van der Waals surface area contributed by atoms with E-state index < -0.39 is 17.8 Å². The summed E-state index contributed by atoms with van der Waals surface area (Å²) >= 11 is 0. The molecule has 2 rings (SSSR count). The minimum absolute atomic E-state index is 0.0194. The maximum atomic E-state index is 11.9. The monoisotopic (exact) mass is 300 g/mol. The highest BCUT2D eigenvalue weighted by atomic mass is 16.4. The zero-order valence-electron chi connectivity index (χ0n) is 11.3. The molecule has 1 aromatic carbocycles. The van der Waals surface area contributed by atoms with Crippen molar-refractivity contribution in [1.82, 2.24) is 15.3 Å². The number of aromatic nitrogens is 2. The number of carboxylic acids is 1. The standard InChI is InChI=1S/C14H12N4O4/c15-12(19)10-5-11(18-7-17-10)13(20)16-6-8-1-3-9(4-2-8)14(21)22/h1-5,7H,6H2,(H2,15,19)(H,16,20)(H,21,22). The van der Waals surface area contributed by atoms with Gasteiger partial charge < -0.3 is 16.2 Å². The number of carbonyl (C=O) groups excluding carboxylic acids is 2. The van der Waals surface area contributed by atoms with Gasteiger partial charge in [0.15, 0.2) is 0 Å². The number of carbonyl (C=O) groups is 3. The largest absolute Gasteiger partial charge is 0.478 e. The van der Waals surface area contributed by atoms with Gasteiger partial charge in [0.2, 0.25) is 0 Å². The van der Waals surface area contributed by atoms with Gasteiger partial charge in [0.1, 0.15) is 17.7 Å². The molecule has 0 radical (unpaired) electrons. The van der Waals surface area contributed by atoms with E-state index in [1.807, 2.05) is 0 Å². The van der Waals surface area contributed by atoms with E-state index in [4.69, 9.17) is 10.8 Å². The summed E-state index contributed by atoms with van der Waals surface area (Å²) in [6, 6.07) is 7.28. The van der Waals surface area contributed by atoms with Gasteiger partial charge >= 0.3 is 5.97 Å². The average molecular weight is 300 g/mol. The first-order valence-corrected chi connectivity index (χ1v) is 6.19. The van der Waals surface area contributed by atoms with Gasteiger partial charge in [-0.15, -0.1) is 0 Å². The lowest BCUT2D eigenvalue weighted by molar-refractivity contribution is 0.0696. The minimum Gasteiger partial charge on any atom is -0.478 e. The second-order valence-corrected chi connectivity index (χ2v) is 4.34. The third kappa shape index (κ3) is 3.63. The molecule has 0 aliphatic heterocycles. The van der Waals surface area contributed by atoms with Crippen LogP contribution in [0.3, 0.4) is 0 Å². The Balaban J connectivity index is 2.02. The molecule has 22 heavy (non-hydrogen) atoms. The summed E-state index contributed by atoms with van der Waals surface area (Å²) in [5, 5.41) is 11.4. The van der Waals surface area contributed by atoms with Crippen LogP contribution >= 0.6 is 0 Å². The van der Waals surface area contributed by atoms with Crippen molar-refractivity contribution in [3.63, 3.8) is 0 Å². The molecule has 2 aromatic rings. The lowest BCUT2D eigenvalue weighted by Crippen LogP contribution is -2.25. The molecular weight excluding hydrogens is 288 g/mol. The Morgan fingerprint density at radius 2 is 1.73 bits per heavy atom. The zero-order valence-corrected chi connectivity index (χ0v) is 11.3. The fraction of sp³-hybridized carbons (Fsp3) is 0.0714. The lowest BCUT2D eigenvalue weighted by atomic mass is 10.1. The first-order chi connectivity index (χ1) is 10.5. The number of nitrogens with one attached hydrogen (secondary N) is 1. The van der Waals surface area contributed by atoms with Crippen molar-refractivity contribution in [1.29, 1.82) is 0 Å². The molecule has 0 aliphatic carbocycles. The summed E-state index contributed by atoms with van der Waals surface area (Å²) in [6.07, 6.45) is 1.08. The molecule has 0 unspecified atom stereocenters. The molecule has 0 saturated carbocycles. The number of aromatic carboxylic acids is 1. The SMILES string of the molecule is NC(=O)c1cc(C(=O)NCc2ccc(C(=O)O)cc2)ncn1. The molecule has 0 fully saturated rings. The third-order valence-electron chi connectivity index (χ3n) is 2.81. The highest BCUT2D eigenvalue weighted by molar-refractivity contribution is 5.96. The average Bonchev–Trinajstić information content (AvgIpc) is 2.53. The van der Waals surface area contributed by atoms with E-state index in [2.05, 4.69) is 15.3 Å². The fourth-order valence-electron chi connectivity index (χ4n) is 1.65. The summed E-state index contributed by atoms with van der Waals surface area (Å²) in [5.41, 5.74) is 5.94. The van der Waals surface area contributed by atoms with Crippen LogP contribution in [0.2, 0.25) is 0 Å². The normalized spacial score (nSPS) is 10.0. The quantitative estimate of drug-likeness (QED) is 0.722.